The molecule has 0 unspecified atom stereocenters. The summed E-state index contributed by atoms with van der Waals surface area (Å²) in [4.78, 5) is 35.9. The molecule has 4 aromatic rings. The summed E-state index contributed by atoms with van der Waals surface area (Å²) >= 11 is 13.7. The van der Waals surface area contributed by atoms with Crippen LogP contribution in [0.3, 0.4) is 0 Å². The van der Waals surface area contributed by atoms with Gasteiger partial charge < -0.3 is 31.3 Å². The first-order chi connectivity index (χ1) is 24.2. The summed E-state index contributed by atoms with van der Waals surface area (Å²) in [7, 11) is 0. The zero-order valence-electron chi connectivity index (χ0n) is 26.5. The predicted molar refractivity (Wildman–Crippen MR) is 183 cm³/mol. The molecule has 3 aromatic heterocycles. The Morgan fingerprint density at radius 1 is 0.840 bits per heavy atom. The predicted octanol–water partition coefficient (Wildman–Crippen LogP) is 5.73. The highest BCUT2D eigenvalue weighted by atomic mass is 35.5. The number of carbonyl (C=O) groups is 2. The quantitative estimate of drug-likeness (QED) is 0.110. The average Bonchev–Trinajstić information content (AvgIpc) is 3.71. The molecule has 2 saturated heterocycles. The molecule has 16 heteroatoms. The lowest BCUT2D eigenvalue weighted by Crippen LogP contribution is -2.35. The fourth-order valence-corrected chi connectivity index (χ4v) is 6.41. The van der Waals surface area contributed by atoms with E-state index in [1.54, 1.807) is 42.5 Å². The number of anilines is 2. The minimum Gasteiger partial charge on any atom is -0.417 e. The summed E-state index contributed by atoms with van der Waals surface area (Å²) in [6.07, 6.45) is 5.33. The van der Waals surface area contributed by atoms with Crippen molar-refractivity contribution < 1.29 is 27.5 Å². The van der Waals surface area contributed by atoms with Crippen molar-refractivity contribution in [1.29, 1.82) is 0 Å². The molecule has 0 saturated carbocycles. The van der Waals surface area contributed by atoms with Gasteiger partial charge in [0.2, 0.25) is 17.7 Å². The minimum atomic E-state index is -3.11. The minimum absolute atomic E-state index is 0.00905. The topological polar surface area (TPSA) is 142 Å². The van der Waals surface area contributed by atoms with Crippen molar-refractivity contribution in [1.82, 2.24) is 36.2 Å². The lowest BCUT2D eigenvalue weighted by atomic mass is 10.1. The Balaban J connectivity index is 1.19. The van der Waals surface area contributed by atoms with Gasteiger partial charge in [0.25, 0.3) is 0 Å². The van der Waals surface area contributed by atoms with Crippen molar-refractivity contribution in [3.05, 3.63) is 81.8 Å². The second kappa shape index (κ2) is 16.0. The van der Waals surface area contributed by atoms with Gasteiger partial charge in [-0.3, -0.25) is 14.6 Å². The second-order valence-corrected chi connectivity index (χ2v) is 12.6. The maximum absolute atomic E-state index is 15.5. The SMILES string of the molecule is O=C1CC[C@H](CNCc2ccc(-c3ccnc(-c4cccc(Nc5nccc(CNC[C@H]6CCC(=O)N6)c5F)c4Cl)c3Cl)nc2OC(F)F)N1. The van der Waals surface area contributed by atoms with Gasteiger partial charge in [0, 0.05) is 85.8 Å². The van der Waals surface area contributed by atoms with E-state index >= 15 is 4.39 Å². The number of pyridine rings is 3. The maximum Gasteiger partial charge on any atom is 0.388 e. The number of nitrogens with zero attached hydrogens (tertiary/aromatic N) is 3. The first-order valence-corrected chi connectivity index (χ1v) is 16.7. The fraction of sp³-hybridized carbons (Fsp3) is 0.324. The summed E-state index contributed by atoms with van der Waals surface area (Å²) in [5.41, 5.74) is 2.48. The lowest BCUT2D eigenvalue weighted by Gasteiger charge is -2.16. The van der Waals surface area contributed by atoms with E-state index in [4.69, 9.17) is 27.9 Å². The average molecular weight is 730 g/mol. The number of alkyl halides is 2. The van der Waals surface area contributed by atoms with Crippen LogP contribution in [0.2, 0.25) is 10.0 Å². The Hall–Kier alpha value is -4.50. The van der Waals surface area contributed by atoms with E-state index in [0.29, 0.717) is 60.3 Å². The van der Waals surface area contributed by atoms with Crippen molar-refractivity contribution in [2.24, 2.45) is 0 Å². The molecule has 1 aromatic carbocycles. The van der Waals surface area contributed by atoms with Crippen LogP contribution in [-0.2, 0) is 22.7 Å². The van der Waals surface area contributed by atoms with Crippen molar-refractivity contribution in [3.8, 4) is 28.4 Å². The number of rotatable bonds is 14. The molecule has 262 valence electrons. The zero-order valence-corrected chi connectivity index (χ0v) is 28.1. The number of aromatic nitrogens is 3. The van der Waals surface area contributed by atoms with Gasteiger partial charge in [0.05, 0.1) is 27.1 Å². The van der Waals surface area contributed by atoms with E-state index in [1.807, 2.05) is 0 Å². The van der Waals surface area contributed by atoms with Gasteiger partial charge in [0.1, 0.15) is 0 Å². The Morgan fingerprint density at radius 3 is 2.18 bits per heavy atom. The van der Waals surface area contributed by atoms with Crippen LogP contribution in [-0.4, -0.2) is 58.6 Å². The molecule has 50 heavy (non-hydrogen) atoms. The van der Waals surface area contributed by atoms with E-state index in [9.17, 15) is 18.4 Å². The second-order valence-electron chi connectivity index (χ2n) is 11.9. The van der Waals surface area contributed by atoms with Gasteiger partial charge in [-0.2, -0.15) is 8.78 Å². The van der Waals surface area contributed by atoms with Crippen molar-refractivity contribution >= 4 is 46.5 Å². The Bertz CT molecular complexity index is 1890. The highest BCUT2D eigenvalue weighted by Crippen LogP contribution is 2.41. The highest BCUT2D eigenvalue weighted by molar-refractivity contribution is 6.39. The fourth-order valence-electron chi connectivity index (χ4n) is 5.84. The van der Waals surface area contributed by atoms with E-state index in [-0.39, 0.29) is 70.1 Å². The van der Waals surface area contributed by atoms with Crippen LogP contribution < -0.4 is 31.3 Å². The van der Waals surface area contributed by atoms with Gasteiger partial charge in [-0.25, -0.2) is 14.4 Å². The molecule has 5 N–H and O–H groups in total. The van der Waals surface area contributed by atoms with E-state index in [2.05, 4.69) is 41.5 Å². The number of ether oxygens (including phenoxy) is 1. The van der Waals surface area contributed by atoms with E-state index in [0.717, 1.165) is 6.42 Å². The molecule has 2 aliphatic rings. The molecule has 2 amide bonds. The molecule has 11 nitrogen and oxygen atoms in total. The summed E-state index contributed by atoms with van der Waals surface area (Å²) in [5, 5.41) is 15.4. The molecular formula is C34H33Cl2F3N8O3. The number of carbonyl (C=O) groups excluding carboxylic acids is 2. The molecular weight excluding hydrogens is 696 g/mol. The lowest BCUT2D eigenvalue weighted by molar-refractivity contribution is -0.120. The molecule has 5 heterocycles. The molecule has 2 atom stereocenters. The number of benzene rings is 1. The monoisotopic (exact) mass is 728 g/mol. The maximum atomic E-state index is 15.5. The van der Waals surface area contributed by atoms with Crippen molar-refractivity contribution in [3.63, 3.8) is 0 Å². The third-order valence-corrected chi connectivity index (χ3v) is 9.15. The largest absolute Gasteiger partial charge is 0.417 e. The number of nitrogens with one attached hydrogen (secondary N) is 5. The zero-order chi connectivity index (χ0) is 35.2. The highest BCUT2D eigenvalue weighted by Gasteiger charge is 2.23. The molecule has 2 aliphatic heterocycles. The first kappa shape index (κ1) is 35.3. The summed E-state index contributed by atoms with van der Waals surface area (Å²) in [5.74, 6) is -0.874. The molecule has 2 fully saturated rings. The van der Waals surface area contributed by atoms with Crippen molar-refractivity contribution in [2.75, 3.05) is 18.4 Å². The summed E-state index contributed by atoms with van der Waals surface area (Å²) in [6.45, 7) is -1.73. The molecule has 0 spiro atoms. The van der Waals surface area contributed by atoms with Gasteiger partial charge in [-0.05, 0) is 37.1 Å². The molecule has 0 bridgehead atoms. The van der Waals surface area contributed by atoms with Gasteiger partial charge in [-0.1, -0.05) is 41.4 Å². The van der Waals surface area contributed by atoms with Crippen LogP contribution in [0.1, 0.15) is 36.8 Å². The first-order valence-electron chi connectivity index (χ1n) is 15.9. The summed E-state index contributed by atoms with van der Waals surface area (Å²) < 4.78 is 47.0. The van der Waals surface area contributed by atoms with Crippen LogP contribution in [0, 0.1) is 5.82 Å². The normalized spacial score (nSPS) is 17.2. The van der Waals surface area contributed by atoms with Crippen molar-refractivity contribution in [2.45, 2.75) is 57.5 Å². The Kier molecular flexibility index (Phi) is 11.3. The Labute approximate surface area is 295 Å². The third-order valence-electron chi connectivity index (χ3n) is 8.36. The van der Waals surface area contributed by atoms with Crippen LogP contribution in [0.15, 0.2) is 54.9 Å². The number of hydrogen-bond acceptors (Lipinski definition) is 9. The molecule has 6 rings (SSSR count). The number of hydrogen-bond donors (Lipinski definition) is 5. The van der Waals surface area contributed by atoms with E-state index < -0.39 is 12.4 Å². The number of amides is 2. The smallest absolute Gasteiger partial charge is 0.388 e. The van der Waals surface area contributed by atoms with Gasteiger partial charge in [0.15, 0.2) is 11.6 Å². The molecule has 0 aliphatic carbocycles. The standard InChI is InChI=1S/C34H33Cl2F3N8O3/c35-28-23(2-1-3-25(28)46-32-30(37)18(10-12-43-32)14-40-16-20-5-8-26(48)44-20)31-29(36)22(11-13-42-31)24-7-4-19(33(47-24)50-34(38)39)15-41-17-21-6-9-27(49)45-21/h1-4,7,10-13,20-21,34,40-41H,5-6,8-9,14-17H2,(H,43,46)(H,44,48)(H,45,49)/t20-,21-/m1/s1. The Morgan fingerprint density at radius 2 is 1.52 bits per heavy atom. The van der Waals surface area contributed by atoms with Gasteiger partial charge >= 0.3 is 6.61 Å². The van der Waals surface area contributed by atoms with Gasteiger partial charge in [-0.15, -0.1) is 0 Å². The third kappa shape index (κ3) is 8.44. The van der Waals surface area contributed by atoms with Crippen LogP contribution >= 0.6 is 23.2 Å². The van der Waals surface area contributed by atoms with Crippen LogP contribution in [0.5, 0.6) is 5.88 Å². The van der Waals surface area contributed by atoms with E-state index in [1.165, 1.54) is 12.4 Å². The van der Waals surface area contributed by atoms with Crippen LogP contribution in [0.4, 0.5) is 24.7 Å². The summed E-state index contributed by atoms with van der Waals surface area (Å²) in [6, 6.07) is 11.4. The molecule has 0 radical (unpaired) electrons. The number of halogens is 5. The van der Waals surface area contributed by atoms with Crippen LogP contribution in [0.25, 0.3) is 22.5 Å².